The van der Waals surface area contributed by atoms with E-state index < -0.39 is 23.7 Å². The molecule has 0 aliphatic carbocycles. The summed E-state index contributed by atoms with van der Waals surface area (Å²) in [5.74, 6) is -0.128. The first-order chi connectivity index (χ1) is 14.0. The molecule has 1 fully saturated rings. The first-order valence-electron chi connectivity index (χ1n) is 9.06. The van der Waals surface area contributed by atoms with Crippen molar-refractivity contribution in [3.05, 3.63) is 60.0 Å². The number of nitrogens with zero attached hydrogens (tertiary/aromatic N) is 3. The lowest BCUT2D eigenvalue weighted by Gasteiger charge is -2.22. The van der Waals surface area contributed by atoms with Gasteiger partial charge in [0.25, 0.3) is 0 Å². The van der Waals surface area contributed by atoms with Crippen molar-refractivity contribution in [2.75, 3.05) is 19.0 Å². The molecular formula is C20H18F2N4O3. The molecule has 1 N–H and O–H groups in total. The highest BCUT2D eigenvalue weighted by Gasteiger charge is 2.34. The van der Waals surface area contributed by atoms with Gasteiger partial charge in [-0.25, -0.2) is 13.6 Å². The molecule has 1 aliphatic rings. The Hall–Kier alpha value is -3.49. The van der Waals surface area contributed by atoms with Gasteiger partial charge in [-0.05, 0) is 49.2 Å². The number of rotatable bonds is 4. The predicted molar refractivity (Wildman–Crippen MR) is 100 cm³/mol. The second-order valence-corrected chi connectivity index (χ2v) is 6.59. The molecule has 2 heterocycles. The number of carbonyl (C=O) groups is 1. The molecule has 9 heteroatoms. The Labute approximate surface area is 165 Å². The van der Waals surface area contributed by atoms with Crippen molar-refractivity contribution < 1.29 is 22.8 Å². The molecule has 0 radical (unpaired) electrons. The molecule has 0 unspecified atom stereocenters. The fraction of sp³-hybridized carbons (Fsp3) is 0.250. The van der Waals surface area contributed by atoms with Gasteiger partial charge < -0.3 is 19.5 Å². The van der Waals surface area contributed by atoms with Gasteiger partial charge in [0.1, 0.15) is 23.4 Å². The van der Waals surface area contributed by atoms with E-state index in [0.717, 1.165) is 24.1 Å². The van der Waals surface area contributed by atoms with Gasteiger partial charge in [-0.2, -0.15) is 4.98 Å². The van der Waals surface area contributed by atoms with E-state index in [-0.39, 0.29) is 5.69 Å². The highest BCUT2D eigenvalue weighted by molar-refractivity contribution is 5.89. The summed E-state index contributed by atoms with van der Waals surface area (Å²) in [7, 11) is 1.58. The van der Waals surface area contributed by atoms with Gasteiger partial charge in [0.15, 0.2) is 0 Å². The molecule has 1 aliphatic heterocycles. The van der Waals surface area contributed by atoms with Crippen LogP contribution >= 0.6 is 0 Å². The van der Waals surface area contributed by atoms with Crippen LogP contribution in [0.2, 0.25) is 0 Å². The molecule has 7 nitrogen and oxygen atoms in total. The topological polar surface area (TPSA) is 80.5 Å². The number of ether oxygens (including phenoxy) is 1. The Bertz CT molecular complexity index is 1020. The number of anilines is 1. The van der Waals surface area contributed by atoms with Crippen LogP contribution in [0.3, 0.4) is 0 Å². The minimum atomic E-state index is -0.839. The predicted octanol–water partition coefficient (Wildman–Crippen LogP) is 4.39. The molecule has 29 heavy (non-hydrogen) atoms. The number of likely N-dealkylation sites (tertiary alicyclic amines) is 1. The van der Waals surface area contributed by atoms with Crippen LogP contribution in [-0.4, -0.2) is 34.7 Å². The number of halogens is 2. The third-order valence-corrected chi connectivity index (χ3v) is 4.76. The standard InChI is InChI=1S/C20H18F2N4O3/c1-28-14-7-4-12(5-8-14)18-24-19(29-25-18)17-3-2-10-26(17)20(27)23-16-9-6-13(21)11-15(16)22/h4-9,11,17H,2-3,10H2,1H3,(H,23,27)/t17-/m1/s1. The molecule has 150 valence electrons. The van der Waals surface area contributed by atoms with E-state index in [2.05, 4.69) is 15.5 Å². The monoisotopic (exact) mass is 400 g/mol. The van der Waals surface area contributed by atoms with Crippen molar-refractivity contribution >= 4 is 11.7 Å². The number of methoxy groups -OCH3 is 1. The zero-order valence-electron chi connectivity index (χ0n) is 15.6. The number of hydrogen-bond donors (Lipinski definition) is 1. The van der Waals surface area contributed by atoms with Crippen molar-refractivity contribution in [2.24, 2.45) is 0 Å². The SMILES string of the molecule is COc1ccc(-c2noc([C@H]3CCCN3C(=O)Nc3ccc(F)cc3F)n2)cc1. The van der Waals surface area contributed by atoms with Gasteiger partial charge in [-0.3, -0.25) is 0 Å². The lowest BCUT2D eigenvalue weighted by Crippen LogP contribution is -2.34. The van der Waals surface area contributed by atoms with E-state index in [4.69, 9.17) is 9.26 Å². The van der Waals surface area contributed by atoms with Crippen LogP contribution in [0.25, 0.3) is 11.4 Å². The number of hydrogen-bond acceptors (Lipinski definition) is 5. The fourth-order valence-electron chi connectivity index (χ4n) is 3.27. The van der Waals surface area contributed by atoms with Gasteiger partial charge in [0, 0.05) is 18.2 Å². The van der Waals surface area contributed by atoms with Crippen LogP contribution in [0.1, 0.15) is 24.8 Å². The maximum Gasteiger partial charge on any atom is 0.322 e. The van der Waals surface area contributed by atoms with E-state index in [9.17, 15) is 13.6 Å². The third kappa shape index (κ3) is 3.89. The van der Waals surface area contributed by atoms with E-state index in [1.807, 2.05) is 12.1 Å². The Morgan fingerprint density at radius 2 is 2.03 bits per heavy atom. The second-order valence-electron chi connectivity index (χ2n) is 6.59. The van der Waals surface area contributed by atoms with E-state index in [0.29, 0.717) is 30.4 Å². The molecule has 1 aromatic heterocycles. The summed E-state index contributed by atoms with van der Waals surface area (Å²) in [6.07, 6.45) is 1.38. The smallest absolute Gasteiger partial charge is 0.322 e. The van der Waals surface area contributed by atoms with Crippen molar-refractivity contribution in [1.29, 1.82) is 0 Å². The van der Waals surface area contributed by atoms with Crippen LogP contribution in [0.5, 0.6) is 5.75 Å². The van der Waals surface area contributed by atoms with Crippen molar-refractivity contribution in [3.63, 3.8) is 0 Å². The van der Waals surface area contributed by atoms with E-state index in [1.165, 1.54) is 11.0 Å². The summed E-state index contributed by atoms with van der Waals surface area (Å²) >= 11 is 0. The van der Waals surface area contributed by atoms with Gasteiger partial charge in [0.05, 0.1) is 12.8 Å². The fourth-order valence-corrected chi connectivity index (χ4v) is 3.27. The molecule has 1 saturated heterocycles. The highest BCUT2D eigenvalue weighted by atomic mass is 19.1. The van der Waals surface area contributed by atoms with Crippen molar-refractivity contribution in [2.45, 2.75) is 18.9 Å². The van der Waals surface area contributed by atoms with Crippen molar-refractivity contribution in [1.82, 2.24) is 15.0 Å². The first kappa shape index (κ1) is 18.9. The zero-order chi connectivity index (χ0) is 20.4. The molecule has 0 spiro atoms. The van der Waals surface area contributed by atoms with E-state index >= 15 is 0 Å². The molecule has 2 aromatic carbocycles. The summed E-state index contributed by atoms with van der Waals surface area (Å²) in [5.41, 5.74) is 0.662. The normalized spacial score (nSPS) is 16.1. The van der Waals surface area contributed by atoms with Gasteiger partial charge in [-0.15, -0.1) is 0 Å². The Balaban J connectivity index is 1.50. The average Bonchev–Trinajstić information content (AvgIpc) is 3.39. The average molecular weight is 400 g/mol. The summed E-state index contributed by atoms with van der Waals surface area (Å²) in [4.78, 5) is 18.6. The Morgan fingerprint density at radius 3 is 2.76 bits per heavy atom. The summed E-state index contributed by atoms with van der Waals surface area (Å²) in [6.45, 7) is 0.458. The number of amides is 2. The lowest BCUT2D eigenvalue weighted by atomic mass is 10.2. The second kappa shape index (κ2) is 7.86. The van der Waals surface area contributed by atoms with Crippen LogP contribution in [0, 0.1) is 11.6 Å². The maximum atomic E-state index is 13.8. The molecule has 0 bridgehead atoms. The summed E-state index contributed by atoms with van der Waals surface area (Å²) in [6, 6.07) is 9.25. The quantitative estimate of drug-likeness (QED) is 0.702. The van der Waals surface area contributed by atoms with E-state index in [1.54, 1.807) is 19.2 Å². The van der Waals surface area contributed by atoms with Gasteiger partial charge in [-0.1, -0.05) is 5.16 Å². The van der Waals surface area contributed by atoms with Crippen LogP contribution in [0.4, 0.5) is 19.3 Å². The third-order valence-electron chi connectivity index (χ3n) is 4.76. The first-order valence-corrected chi connectivity index (χ1v) is 9.06. The molecular weight excluding hydrogens is 382 g/mol. The van der Waals surface area contributed by atoms with Crippen LogP contribution < -0.4 is 10.1 Å². The minimum Gasteiger partial charge on any atom is -0.497 e. The molecule has 0 saturated carbocycles. The Morgan fingerprint density at radius 1 is 1.24 bits per heavy atom. The van der Waals surface area contributed by atoms with Crippen LogP contribution in [0.15, 0.2) is 47.0 Å². The maximum absolute atomic E-state index is 13.8. The van der Waals surface area contributed by atoms with Crippen molar-refractivity contribution in [3.8, 4) is 17.1 Å². The molecule has 3 aromatic rings. The Kier molecular flexibility index (Phi) is 5.11. The molecule has 2 amide bonds. The van der Waals surface area contributed by atoms with Crippen LogP contribution in [-0.2, 0) is 0 Å². The number of aromatic nitrogens is 2. The largest absolute Gasteiger partial charge is 0.497 e. The minimum absolute atomic E-state index is 0.0912. The van der Waals surface area contributed by atoms with Gasteiger partial charge in [0.2, 0.25) is 11.7 Å². The zero-order valence-corrected chi connectivity index (χ0v) is 15.6. The highest BCUT2D eigenvalue weighted by Crippen LogP contribution is 2.33. The number of nitrogens with one attached hydrogen (secondary N) is 1. The number of urea groups is 1. The summed E-state index contributed by atoms with van der Waals surface area (Å²) in [5, 5.41) is 6.47. The summed E-state index contributed by atoms with van der Waals surface area (Å²) < 4.78 is 37.4. The molecule has 4 rings (SSSR count). The number of carbonyl (C=O) groups excluding carboxylic acids is 1. The van der Waals surface area contributed by atoms with Gasteiger partial charge >= 0.3 is 6.03 Å². The number of benzene rings is 2. The molecule has 1 atom stereocenters. The lowest BCUT2D eigenvalue weighted by molar-refractivity contribution is 0.193.